The van der Waals surface area contributed by atoms with E-state index in [1.807, 2.05) is 13.0 Å². The Labute approximate surface area is 172 Å². The second-order valence-corrected chi connectivity index (χ2v) is 8.21. The molecule has 3 aromatic rings. The van der Waals surface area contributed by atoms with E-state index < -0.39 is 11.6 Å². The number of nitrogens with one attached hydrogen (secondary N) is 2. The predicted octanol–water partition coefficient (Wildman–Crippen LogP) is 3.98. The summed E-state index contributed by atoms with van der Waals surface area (Å²) in [6.45, 7) is 4.26. The van der Waals surface area contributed by atoms with E-state index in [1.165, 1.54) is 17.4 Å². The topological polar surface area (TPSA) is 83.8 Å². The molecule has 0 aliphatic rings. The number of aromatic nitrogens is 2. The standard InChI is InChI=1S/C21H24F2N4OS/c1-3-4-19-16(11-25-27-19)15-9-20(29-12(15)2)21(28)26-14(10-24)7-13-5-6-17(22)18(23)8-13/h5-6,8-9,11,14H,3-4,7,10,24H2,1-2H3,(H,25,27)(H,26,28). The van der Waals surface area contributed by atoms with Crippen LogP contribution < -0.4 is 11.1 Å². The molecular formula is C21H24F2N4OS. The summed E-state index contributed by atoms with van der Waals surface area (Å²) in [5.41, 5.74) is 9.42. The van der Waals surface area contributed by atoms with E-state index >= 15 is 0 Å². The van der Waals surface area contributed by atoms with Gasteiger partial charge in [-0.3, -0.25) is 9.89 Å². The molecule has 2 aromatic heterocycles. The zero-order valence-corrected chi connectivity index (χ0v) is 17.2. The monoisotopic (exact) mass is 418 g/mol. The Morgan fingerprint density at radius 1 is 1.28 bits per heavy atom. The predicted molar refractivity (Wildman–Crippen MR) is 111 cm³/mol. The first-order valence-electron chi connectivity index (χ1n) is 9.50. The van der Waals surface area contributed by atoms with Crippen LogP contribution in [0, 0.1) is 18.6 Å². The van der Waals surface area contributed by atoms with Gasteiger partial charge in [-0.15, -0.1) is 11.3 Å². The third-order valence-electron chi connectivity index (χ3n) is 4.74. The first-order valence-corrected chi connectivity index (χ1v) is 10.3. The van der Waals surface area contributed by atoms with E-state index in [-0.39, 0.29) is 18.5 Å². The minimum absolute atomic E-state index is 0.185. The number of nitrogens with zero attached hydrogens (tertiary/aromatic N) is 1. The van der Waals surface area contributed by atoms with E-state index in [0.717, 1.165) is 46.7 Å². The molecule has 3 rings (SSSR count). The minimum Gasteiger partial charge on any atom is -0.347 e. The Bertz CT molecular complexity index is 998. The van der Waals surface area contributed by atoms with Crippen LogP contribution in [0.15, 0.2) is 30.5 Å². The summed E-state index contributed by atoms with van der Waals surface area (Å²) >= 11 is 1.41. The normalized spacial score (nSPS) is 12.2. The highest BCUT2D eigenvalue weighted by molar-refractivity contribution is 7.14. The second-order valence-electron chi connectivity index (χ2n) is 6.95. The molecule has 4 N–H and O–H groups in total. The van der Waals surface area contributed by atoms with Crippen molar-refractivity contribution >= 4 is 17.2 Å². The maximum atomic E-state index is 13.4. The lowest BCUT2D eigenvalue weighted by atomic mass is 10.0. The highest BCUT2D eigenvalue weighted by Crippen LogP contribution is 2.33. The molecule has 0 aliphatic heterocycles. The first-order chi connectivity index (χ1) is 13.9. The molecule has 0 radical (unpaired) electrons. The molecule has 0 saturated heterocycles. The maximum absolute atomic E-state index is 13.4. The smallest absolute Gasteiger partial charge is 0.261 e. The van der Waals surface area contributed by atoms with Crippen LogP contribution in [0.1, 0.15) is 39.2 Å². The summed E-state index contributed by atoms with van der Waals surface area (Å²) in [5.74, 6) is -2.04. The van der Waals surface area contributed by atoms with Gasteiger partial charge in [-0.25, -0.2) is 8.78 Å². The zero-order valence-electron chi connectivity index (χ0n) is 16.4. The van der Waals surface area contributed by atoms with Crippen LogP contribution in [0.25, 0.3) is 11.1 Å². The molecule has 0 saturated carbocycles. The van der Waals surface area contributed by atoms with Gasteiger partial charge in [-0.1, -0.05) is 19.4 Å². The molecule has 0 spiro atoms. The molecule has 0 bridgehead atoms. The average Bonchev–Trinajstić information content (AvgIpc) is 3.30. The van der Waals surface area contributed by atoms with E-state index in [2.05, 4.69) is 22.4 Å². The molecule has 8 heteroatoms. The highest BCUT2D eigenvalue weighted by atomic mass is 32.1. The van der Waals surface area contributed by atoms with Gasteiger partial charge in [0.2, 0.25) is 0 Å². The van der Waals surface area contributed by atoms with Gasteiger partial charge in [0.1, 0.15) is 0 Å². The van der Waals surface area contributed by atoms with Gasteiger partial charge < -0.3 is 11.1 Å². The van der Waals surface area contributed by atoms with Crippen molar-refractivity contribution < 1.29 is 13.6 Å². The number of carbonyl (C=O) groups excluding carboxylic acids is 1. The molecule has 0 fully saturated rings. The van der Waals surface area contributed by atoms with Crippen LogP contribution in [0.4, 0.5) is 8.78 Å². The minimum atomic E-state index is -0.911. The van der Waals surface area contributed by atoms with Gasteiger partial charge in [-0.2, -0.15) is 5.10 Å². The first kappa shape index (κ1) is 21.1. The molecular weight excluding hydrogens is 394 g/mol. The third kappa shape index (κ3) is 4.89. The number of halogens is 2. The fourth-order valence-corrected chi connectivity index (χ4v) is 4.19. The highest BCUT2D eigenvalue weighted by Gasteiger charge is 2.19. The number of nitrogens with two attached hydrogens (primary N) is 1. The second kappa shape index (κ2) is 9.28. The third-order valence-corrected chi connectivity index (χ3v) is 5.79. The van der Waals surface area contributed by atoms with E-state index in [1.54, 1.807) is 6.20 Å². The van der Waals surface area contributed by atoms with Gasteiger partial charge >= 0.3 is 0 Å². The summed E-state index contributed by atoms with van der Waals surface area (Å²) in [4.78, 5) is 14.4. The van der Waals surface area contributed by atoms with E-state index in [4.69, 9.17) is 5.73 Å². The van der Waals surface area contributed by atoms with Crippen molar-refractivity contribution in [3.8, 4) is 11.1 Å². The lowest BCUT2D eigenvalue weighted by molar-refractivity contribution is 0.0942. The number of amides is 1. The Balaban J connectivity index is 1.74. The van der Waals surface area contributed by atoms with Crippen LogP contribution in [-0.2, 0) is 12.8 Å². The lowest BCUT2D eigenvalue weighted by Gasteiger charge is -2.16. The fourth-order valence-electron chi connectivity index (χ4n) is 3.25. The van der Waals surface area contributed by atoms with Crippen molar-refractivity contribution in [2.45, 2.75) is 39.2 Å². The molecule has 1 atom stereocenters. The Morgan fingerprint density at radius 2 is 2.07 bits per heavy atom. The lowest BCUT2D eigenvalue weighted by Crippen LogP contribution is -2.41. The van der Waals surface area contributed by atoms with Crippen LogP contribution in [0.5, 0.6) is 0 Å². The van der Waals surface area contributed by atoms with Gasteiger partial charge in [0.05, 0.1) is 11.1 Å². The Hall–Kier alpha value is -2.58. The SMILES string of the molecule is CCCc1[nH]ncc1-c1cc(C(=O)NC(CN)Cc2ccc(F)c(F)c2)sc1C. The Kier molecular flexibility index (Phi) is 6.76. The number of benzene rings is 1. The maximum Gasteiger partial charge on any atom is 0.261 e. The molecule has 1 aromatic carbocycles. The molecule has 1 amide bonds. The van der Waals surface area contributed by atoms with Crippen molar-refractivity contribution in [2.24, 2.45) is 5.73 Å². The van der Waals surface area contributed by atoms with Gasteiger partial charge in [-0.05, 0) is 49.1 Å². The quantitative estimate of drug-likeness (QED) is 0.517. The van der Waals surface area contributed by atoms with Crippen molar-refractivity contribution in [3.05, 3.63) is 63.1 Å². The van der Waals surface area contributed by atoms with Crippen LogP contribution >= 0.6 is 11.3 Å². The molecule has 29 heavy (non-hydrogen) atoms. The Morgan fingerprint density at radius 3 is 2.76 bits per heavy atom. The summed E-state index contributed by atoms with van der Waals surface area (Å²) < 4.78 is 26.5. The van der Waals surface area contributed by atoms with E-state index in [9.17, 15) is 13.6 Å². The largest absolute Gasteiger partial charge is 0.347 e. The van der Waals surface area contributed by atoms with Crippen LogP contribution in [0.3, 0.4) is 0 Å². The molecule has 0 aliphatic carbocycles. The number of H-pyrrole nitrogens is 1. The zero-order chi connectivity index (χ0) is 21.0. The molecule has 154 valence electrons. The van der Waals surface area contributed by atoms with Crippen LogP contribution in [-0.4, -0.2) is 28.7 Å². The van der Waals surface area contributed by atoms with Gasteiger partial charge in [0.25, 0.3) is 5.91 Å². The summed E-state index contributed by atoms with van der Waals surface area (Å²) in [5, 5.41) is 10.1. The molecule has 1 unspecified atom stereocenters. The molecule has 2 heterocycles. The van der Waals surface area contributed by atoms with Crippen molar-refractivity contribution in [1.29, 1.82) is 0 Å². The summed E-state index contributed by atoms with van der Waals surface area (Å²) in [6.07, 6.45) is 3.98. The number of aromatic amines is 1. The number of hydrogen-bond donors (Lipinski definition) is 3. The average molecular weight is 419 g/mol. The van der Waals surface area contributed by atoms with Crippen molar-refractivity contribution in [1.82, 2.24) is 15.5 Å². The van der Waals surface area contributed by atoms with Crippen molar-refractivity contribution in [2.75, 3.05) is 6.54 Å². The summed E-state index contributed by atoms with van der Waals surface area (Å²) in [7, 11) is 0. The van der Waals surface area contributed by atoms with Gasteiger partial charge in [0.15, 0.2) is 11.6 Å². The number of hydrogen-bond acceptors (Lipinski definition) is 4. The summed E-state index contributed by atoms with van der Waals surface area (Å²) in [6, 6.07) is 5.18. The number of aryl methyl sites for hydroxylation is 2. The van der Waals surface area contributed by atoms with E-state index in [0.29, 0.717) is 16.9 Å². The number of rotatable bonds is 8. The van der Waals surface area contributed by atoms with Crippen molar-refractivity contribution in [3.63, 3.8) is 0 Å². The number of carbonyl (C=O) groups is 1. The number of thiophene rings is 1. The van der Waals surface area contributed by atoms with Gasteiger partial charge in [0, 0.05) is 28.7 Å². The fraction of sp³-hybridized carbons (Fsp3) is 0.333. The molecule has 5 nitrogen and oxygen atoms in total. The van der Waals surface area contributed by atoms with Crippen LogP contribution in [0.2, 0.25) is 0 Å².